The Morgan fingerprint density at radius 1 is 1.36 bits per heavy atom. The van der Waals surface area contributed by atoms with Gasteiger partial charge in [-0.2, -0.15) is 0 Å². The number of rotatable bonds is 0. The van der Waals surface area contributed by atoms with Crippen LogP contribution in [-0.2, 0) is 4.79 Å². The lowest BCUT2D eigenvalue weighted by Gasteiger charge is -2.11. The molecule has 0 spiro atoms. The van der Waals surface area contributed by atoms with E-state index in [1.165, 1.54) is 0 Å². The van der Waals surface area contributed by atoms with E-state index in [1.807, 2.05) is 19.9 Å². The molecular formula is C11H14N2O. The van der Waals surface area contributed by atoms with Crippen molar-refractivity contribution >= 4 is 11.6 Å². The van der Waals surface area contributed by atoms with Crippen molar-refractivity contribution in [3.05, 3.63) is 28.8 Å². The molecule has 3 heteroatoms. The molecule has 2 N–H and O–H groups in total. The van der Waals surface area contributed by atoms with Crippen LogP contribution in [0.4, 0.5) is 5.69 Å². The summed E-state index contributed by atoms with van der Waals surface area (Å²) in [6, 6.07) is 3.59. The molecule has 14 heavy (non-hydrogen) atoms. The summed E-state index contributed by atoms with van der Waals surface area (Å²) in [6.07, 6.45) is 0. The lowest BCUT2D eigenvalue weighted by molar-refractivity contribution is -0.118. The Balaban J connectivity index is 2.69. The van der Waals surface area contributed by atoms with Gasteiger partial charge in [0, 0.05) is 18.3 Å². The molecule has 1 atom stereocenters. The molecule has 0 saturated carbocycles. The molecule has 0 bridgehead atoms. The summed E-state index contributed by atoms with van der Waals surface area (Å²) in [6.45, 7) is 4.02. The van der Waals surface area contributed by atoms with Crippen LogP contribution in [0.2, 0.25) is 0 Å². The average molecular weight is 190 g/mol. The summed E-state index contributed by atoms with van der Waals surface area (Å²) in [5.74, 6) is -0.0197. The van der Waals surface area contributed by atoms with Gasteiger partial charge in [0.15, 0.2) is 0 Å². The molecule has 1 heterocycles. The van der Waals surface area contributed by atoms with Crippen LogP contribution in [0.5, 0.6) is 0 Å². The fraction of sp³-hybridized carbons (Fsp3) is 0.364. The van der Waals surface area contributed by atoms with Gasteiger partial charge in [-0.25, -0.2) is 0 Å². The summed E-state index contributed by atoms with van der Waals surface area (Å²) in [4.78, 5) is 13.3. The van der Waals surface area contributed by atoms with E-state index in [4.69, 9.17) is 5.73 Å². The predicted octanol–water partition coefficient (Wildman–Crippen LogP) is 1.28. The maximum Gasteiger partial charge on any atom is 0.248 e. The Labute approximate surface area is 83.5 Å². The van der Waals surface area contributed by atoms with Crippen molar-refractivity contribution < 1.29 is 4.79 Å². The molecule has 2 rings (SSSR count). The van der Waals surface area contributed by atoms with Gasteiger partial charge in [-0.3, -0.25) is 4.79 Å². The minimum Gasteiger partial charge on any atom is -0.316 e. The van der Waals surface area contributed by atoms with Crippen LogP contribution >= 0.6 is 0 Å². The second kappa shape index (κ2) is 2.82. The Morgan fingerprint density at radius 2 is 2.00 bits per heavy atom. The van der Waals surface area contributed by atoms with Crippen molar-refractivity contribution in [1.82, 2.24) is 0 Å². The highest BCUT2D eigenvalue weighted by molar-refractivity contribution is 6.04. The second-order valence-corrected chi connectivity index (χ2v) is 3.89. The van der Waals surface area contributed by atoms with Crippen LogP contribution < -0.4 is 10.6 Å². The van der Waals surface area contributed by atoms with Gasteiger partial charge < -0.3 is 10.6 Å². The molecule has 1 aliphatic heterocycles. The Hall–Kier alpha value is -1.35. The molecular weight excluding hydrogens is 176 g/mol. The molecule has 74 valence electrons. The minimum absolute atomic E-state index is 0.0197. The highest BCUT2D eigenvalue weighted by Gasteiger charge is 2.33. The van der Waals surface area contributed by atoms with Crippen LogP contribution in [-0.4, -0.2) is 13.0 Å². The van der Waals surface area contributed by atoms with Crippen molar-refractivity contribution in [2.75, 3.05) is 11.9 Å². The number of hydrogen-bond donors (Lipinski definition) is 1. The number of nitrogens with two attached hydrogens (primary N) is 1. The van der Waals surface area contributed by atoms with Crippen molar-refractivity contribution in [3.8, 4) is 0 Å². The Bertz CT molecular complexity index is 412. The number of carbonyl (C=O) groups is 1. The highest BCUT2D eigenvalue weighted by atomic mass is 16.2. The van der Waals surface area contributed by atoms with Gasteiger partial charge in [0.2, 0.25) is 5.91 Å². The summed E-state index contributed by atoms with van der Waals surface area (Å²) < 4.78 is 0. The fourth-order valence-corrected chi connectivity index (χ4v) is 2.09. The zero-order valence-corrected chi connectivity index (χ0v) is 8.66. The lowest BCUT2D eigenvalue weighted by atomic mass is 10.0. The summed E-state index contributed by atoms with van der Waals surface area (Å²) in [5.41, 5.74) is 10.0. The monoisotopic (exact) mass is 190 g/mol. The molecule has 0 aromatic heterocycles. The van der Waals surface area contributed by atoms with Gasteiger partial charge in [-0.1, -0.05) is 6.07 Å². The second-order valence-electron chi connectivity index (χ2n) is 3.89. The number of anilines is 1. The van der Waals surface area contributed by atoms with E-state index in [9.17, 15) is 4.79 Å². The van der Waals surface area contributed by atoms with Gasteiger partial charge in [-0.05, 0) is 31.0 Å². The molecule has 0 aliphatic carbocycles. The standard InChI is InChI=1S/C11H14N2O/c1-6-4-7(2)9-8(5-6)13(3)11(14)10(9)12/h4-5,10H,12H2,1-3H3. The molecule has 1 aliphatic rings. The van der Waals surface area contributed by atoms with Gasteiger partial charge in [0.25, 0.3) is 0 Å². The maximum absolute atomic E-state index is 11.6. The first-order chi connectivity index (χ1) is 6.52. The number of fused-ring (bicyclic) bond motifs is 1. The third kappa shape index (κ3) is 1.06. The number of hydrogen-bond acceptors (Lipinski definition) is 2. The van der Waals surface area contributed by atoms with E-state index in [0.717, 1.165) is 22.4 Å². The van der Waals surface area contributed by atoms with E-state index in [2.05, 4.69) is 6.07 Å². The first-order valence-corrected chi connectivity index (χ1v) is 4.66. The highest BCUT2D eigenvalue weighted by Crippen LogP contribution is 2.36. The van der Waals surface area contributed by atoms with Crippen LogP contribution in [0.15, 0.2) is 12.1 Å². The number of amides is 1. The quantitative estimate of drug-likeness (QED) is 0.669. The van der Waals surface area contributed by atoms with Crippen LogP contribution in [0.1, 0.15) is 22.7 Å². The van der Waals surface area contributed by atoms with Crippen LogP contribution in [0, 0.1) is 13.8 Å². The zero-order chi connectivity index (χ0) is 10.5. The summed E-state index contributed by atoms with van der Waals surface area (Å²) in [7, 11) is 1.77. The average Bonchev–Trinajstić information content (AvgIpc) is 2.31. The Kier molecular flexibility index (Phi) is 1.86. The maximum atomic E-state index is 11.6. The fourth-order valence-electron chi connectivity index (χ4n) is 2.09. The largest absolute Gasteiger partial charge is 0.316 e. The molecule has 0 radical (unpaired) electrons. The lowest BCUT2D eigenvalue weighted by Crippen LogP contribution is -2.27. The molecule has 1 amide bonds. The van der Waals surface area contributed by atoms with Crippen LogP contribution in [0.3, 0.4) is 0 Å². The van der Waals surface area contributed by atoms with Crippen molar-refractivity contribution in [2.45, 2.75) is 19.9 Å². The van der Waals surface area contributed by atoms with Crippen LogP contribution in [0.25, 0.3) is 0 Å². The normalized spacial score (nSPS) is 20.1. The number of nitrogens with zero attached hydrogens (tertiary/aromatic N) is 1. The SMILES string of the molecule is Cc1cc(C)c2c(c1)N(C)C(=O)C2N. The summed E-state index contributed by atoms with van der Waals surface area (Å²) in [5, 5.41) is 0. The van der Waals surface area contributed by atoms with Crippen molar-refractivity contribution in [2.24, 2.45) is 5.73 Å². The molecule has 1 unspecified atom stereocenters. The molecule has 1 aromatic carbocycles. The van der Waals surface area contributed by atoms with Crippen molar-refractivity contribution in [1.29, 1.82) is 0 Å². The number of benzene rings is 1. The first kappa shape index (κ1) is 9.21. The van der Waals surface area contributed by atoms with E-state index in [0.29, 0.717) is 0 Å². The number of aryl methyl sites for hydroxylation is 2. The molecule has 1 aromatic rings. The smallest absolute Gasteiger partial charge is 0.248 e. The molecule has 3 nitrogen and oxygen atoms in total. The summed E-state index contributed by atoms with van der Waals surface area (Å²) >= 11 is 0. The minimum atomic E-state index is -0.476. The van der Waals surface area contributed by atoms with Gasteiger partial charge in [0.05, 0.1) is 0 Å². The number of carbonyl (C=O) groups excluding carboxylic acids is 1. The van der Waals surface area contributed by atoms with E-state index >= 15 is 0 Å². The molecule has 0 saturated heterocycles. The van der Waals surface area contributed by atoms with E-state index in [1.54, 1.807) is 11.9 Å². The van der Waals surface area contributed by atoms with E-state index in [-0.39, 0.29) is 5.91 Å². The van der Waals surface area contributed by atoms with Gasteiger partial charge in [-0.15, -0.1) is 0 Å². The van der Waals surface area contributed by atoms with Gasteiger partial charge in [0.1, 0.15) is 6.04 Å². The predicted molar refractivity (Wildman–Crippen MR) is 56.3 cm³/mol. The first-order valence-electron chi connectivity index (χ1n) is 4.66. The van der Waals surface area contributed by atoms with Crippen molar-refractivity contribution in [3.63, 3.8) is 0 Å². The third-order valence-electron chi connectivity index (χ3n) is 2.78. The zero-order valence-electron chi connectivity index (χ0n) is 8.66. The number of likely N-dealkylation sites (N-methyl/N-ethyl adjacent to an activating group) is 1. The molecule has 0 fully saturated rings. The van der Waals surface area contributed by atoms with E-state index < -0.39 is 6.04 Å². The third-order valence-corrected chi connectivity index (χ3v) is 2.78. The van der Waals surface area contributed by atoms with Gasteiger partial charge >= 0.3 is 0 Å². The topological polar surface area (TPSA) is 46.3 Å². The Morgan fingerprint density at radius 3 is 2.64 bits per heavy atom.